The van der Waals surface area contributed by atoms with E-state index in [-0.39, 0.29) is 92.8 Å². The summed E-state index contributed by atoms with van der Waals surface area (Å²) in [5, 5.41) is 40.1. The summed E-state index contributed by atoms with van der Waals surface area (Å²) in [5.41, 5.74) is 10.9. The first-order chi connectivity index (χ1) is 31.0. The number of hydrogen-bond donors (Lipinski definition) is 7. The molecule has 2 unspecified atom stereocenters. The van der Waals surface area contributed by atoms with E-state index in [9.17, 15) is 44.0 Å². The number of fused-ring (bicyclic) bond motifs is 4. The van der Waals surface area contributed by atoms with Crippen LogP contribution in [0.2, 0.25) is 0 Å². The molecule has 0 spiro atoms. The maximum Gasteiger partial charge on any atom is 0.405 e. The van der Waals surface area contributed by atoms with Crippen molar-refractivity contribution >= 4 is 70.8 Å². The molecule has 0 bridgehead atoms. The van der Waals surface area contributed by atoms with Crippen molar-refractivity contribution in [1.29, 1.82) is 0 Å². The number of anilines is 2. The van der Waals surface area contributed by atoms with Crippen molar-refractivity contribution in [3.8, 4) is 11.5 Å². The fourth-order valence-electron chi connectivity index (χ4n) is 7.19. The summed E-state index contributed by atoms with van der Waals surface area (Å²) in [4.78, 5) is 65.8. The van der Waals surface area contributed by atoms with E-state index in [4.69, 9.17) is 21.9 Å². The molecule has 0 aliphatic carbocycles. The molecule has 4 aromatic carbocycles. The van der Waals surface area contributed by atoms with Crippen molar-refractivity contribution in [3.05, 3.63) is 136 Å². The van der Waals surface area contributed by atoms with Gasteiger partial charge in [0.25, 0.3) is 17.7 Å². The molecule has 3 atom stereocenters. The average molecular weight is 1020 g/mol. The van der Waals surface area contributed by atoms with E-state index in [1.807, 2.05) is 25.1 Å². The maximum atomic E-state index is 13.7. The Bertz CT molecular complexity index is 2760. The van der Waals surface area contributed by atoms with Crippen LogP contribution in [0.25, 0.3) is 21.7 Å². The summed E-state index contributed by atoms with van der Waals surface area (Å²) in [5.74, 6) is -2.03. The van der Waals surface area contributed by atoms with Gasteiger partial charge in [0.1, 0.15) is 28.9 Å². The molecular formula is C45H49ClN8O10PY-. The SMILES string of the molecule is C[N-]CCN(C)P(=O)(O)OCCC(NC(=O)c1ccc(CN)cc1)C(=O)O.Cc1cccc2c(O)cc3c(c12)[C@@H](CCl)CN3C(=O)c1cn2cc(NC(=O)c3ccc(O)cc3)ccc2n1.[Y]. The maximum absolute atomic E-state index is 13.7. The number of phenolic OH excluding ortho intramolecular Hbond substituents is 2. The molecule has 0 saturated carbocycles. The average Bonchev–Trinajstić information content (AvgIpc) is 3.89. The normalized spacial score (nSPS) is 14.4. The van der Waals surface area contributed by atoms with Gasteiger partial charge in [-0.1, -0.05) is 30.3 Å². The Balaban J connectivity index is 0.000000260. The van der Waals surface area contributed by atoms with Crippen molar-refractivity contribution in [2.45, 2.75) is 31.8 Å². The molecule has 18 nitrogen and oxygen atoms in total. The van der Waals surface area contributed by atoms with E-state index in [0.29, 0.717) is 48.1 Å². The van der Waals surface area contributed by atoms with Gasteiger partial charge in [-0.2, -0.15) is 7.05 Å². The van der Waals surface area contributed by atoms with Crippen LogP contribution in [0.15, 0.2) is 97.3 Å². The fraction of sp³-hybridized carbons (Fsp3) is 0.267. The summed E-state index contributed by atoms with van der Waals surface area (Å²) >= 11 is 6.35. The smallest absolute Gasteiger partial charge is 0.405 e. The first kappa shape index (κ1) is 51.7. The molecule has 21 heteroatoms. The third-order valence-corrected chi connectivity index (χ3v) is 12.7. The number of phenols is 2. The number of carbonyl (C=O) groups is 4. The van der Waals surface area contributed by atoms with Crippen molar-refractivity contribution in [3.63, 3.8) is 0 Å². The van der Waals surface area contributed by atoms with Gasteiger partial charge in [0.15, 0.2) is 0 Å². The summed E-state index contributed by atoms with van der Waals surface area (Å²) < 4.78 is 19.8. The largest absolute Gasteiger partial charge is 0.664 e. The van der Waals surface area contributed by atoms with Gasteiger partial charge >= 0.3 is 13.7 Å². The van der Waals surface area contributed by atoms with Crippen LogP contribution in [0.5, 0.6) is 11.5 Å². The number of nitrogens with one attached hydrogen (secondary N) is 2. The van der Waals surface area contributed by atoms with E-state index in [0.717, 1.165) is 32.1 Å². The van der Waals surface area contributed by atoms with Crippen molar-refractivity contribution < 1.29 is 81.2 Å². The number of aromatic nitrogens is 2. The summed E-state index contributed by atoms with van der Waals surface area (Å²) in [6.07, 6.45) is 3.13. The van der Waals surface area contributed by atoms with Crippen molar-refractivity contribution in [2.24, 2.45) is 5.73 Å². The molecular weight excluding hydrogens is 968 g/mol. The third-order valence-electron chi connectivity index (χ3n) is 10.8. The standard InChI is InChI=1S/C29H23ClN4O4.C16H26N4O6P.Y/c1-16-3-2-4-21-24(36)11-23-27(26(16)21)18(12-30)13-34(23)29(38)22-15-33-14-19(7-10-25(33)32-22)31-28(37)17-5-8-20(35)9-6-17;1-18-8-9-20(2)27(24,25)26-10-7-14(16(22)23)19-15(21)13-5-3-12(11-17)4-6-13;/h2-11,14-15,18,35-36H,12-13H2,1H3,(H,31,37);3-6,14H,7-11,17H2,1-2H3,(H,19,21)(H,22,23)(H,24,25);/q;-1;/t18-;;/m0../s1. The Morgan fingerprint density at radius 1 is 1.02 bits per heavy atom. The van der Waals surface area contributed by atoms with E-state index < -0.39 is 25.7 Å². The fourth-order valence-corrected chi connectivity index (χ4v) is 8.32. The van der Waals surface area contributed by atoms with Crippen LogP contribution in [0.3, 0.4) is 0 Å². The second-order valence-electron chi connectivity index (χ2n) is 15.2. The quantitative estimate of drug-likeness (QED) is 0.0421. The number of rotatable bonds is 16. The van der Waals surface area contributed by atoms with Gasteiger partial charge in [0.05, 0.1) is 18.0 Å². The van der Waals surface area contributed by atoms with Gasteiger partial charge in [0.2, 0.25) is 0 Å². The summed E-state index contributed by atoms with van der Waals surface area (Å²) in [6, 6.07) is 21.9. The number of carboxylic acid groups (broad SMARTS) is 1. The molecule has 0 fully saturated rings. The van der Waals surface area contributed by atoms with E-state index >= 15 is 0 Å². The number of halogens is 1. The number of aromatic hydroxyl groups is 2. The van der Waals surface area contributed by atoms with Gasteiger partial charge in [-0.25, -0.2) is 19.0 Å². The van der Waals surface area contributed by atoms with Crippen LogP contribution in [-0.4, -0.2) is 110 Å². The predicted octanol–water partition coefficient (Wildman–Crippen LogP) is 6.21. The van der Waals surface area contributed by atoms with Crippen molar-refractivity contribution in [1.82, 2.24) is 19.4 Å². The third kappa shape index (κ3) is 12.2. The molecule has 2 aromatic heterocycles. The number of pyridine rings is 1. The van der Waals surface area contributed by atoms with Crippen LogP contribution in [0.4, 0.5) is 11.4 Å². The van der Waals surface area contributed by atoms with Gasteiger partial charge in [-0.05, 0) is 91.1 Å². The molecule has 1 aliphatic heterocycles. The molecule has 66 heavy (non-hydrogen) atoms. The van der Waals surface area contributed by atoms with Crippen molar-refractivity contribution in [2.75, 3.05) is 56.4 Å². The number of nitrogens with two attached hydrogens (primary N) is 1. The number of aryl methyl sites for hydroxylation is 1. The number of benzene rings is 4. The second kappa shape index (κ2) is 23.0. The summed E-state index contributed by atoms with van der Waals surface area (Å²) in [7, 11) is -1.05. The van der Waals surface area contributed by atoms with Crippen LogP contribution in [0, 0.1) is 6.92 Å². The molecule has 7 rings (SSSR count). The van der Waals surface area contributed by atoms with Gasteiger partial charge in [-0.15, -0.1) is 18.1 Å². The number of likely N-dealkylation sites (N-methyl/N-ethyl adjacent to an activating group) is 2. The van der Waals surface area contributed by atoms with E-state index in [2.05, 4.69) is 20.9 Å². The first-order valence-electron chi connectivity index (χ1n) is 20.3. The molecule has 1 radical (unpaired) electrons. The molecule has 345 valence electrons. The molecule has 6 aromatic rings. The summed E-state index contributed by atoms with van der Waals surface area (Å²) in [6.45, 7) is 2.97. The van der Waals surface area contributed by atoms with E-state index in [1.165, 1.54) is 31.3 Å². The zero-order valence-corrected chi connectivity index (χ0v) is 40.8. The Kier molecular flexibility index (Phi) is 18.0. The Morgan fingerprint density at radius 2 is 1.70 bits per heavy atom. The monoisotopic (exact) mass is 1020 g/mol. The number of amides is 3. The first-order valence-corrected chi connectivity index (χ1v) is 22.4. The minimum Gasteiger partial charge on any atom is -0.664 e. The number of nitrogens with zero attached hydrogens (tertiary/aromatic N) is 5. The minimum atomic E-state index is -4.05. The molecule has 3 heterocycles. The number of carbonyl (C=O) groups excluding carboxylic acids is 3. The zero-order chi connectivity index (χ0) is 47.0. The molecule has 3 amide bonds. The predicted molar refractivity (Wildman–Crippen MR) is 247 cm³/mol. The van der Waals surface area contributed by atoms with Crippen LogP contribution >= 0.6 is 19.3 Å². The second-order valence-corrected chi connectivity index (χ2v) is 17.4. The Hall–Kier alpha value is -5.27. The van der Waals surface area contributed by atoms with Gasteiger partial charge in [0, 0.05) is 99.0 Å². The minimum absolute atomic E-state index is 0. The van der Waals surface area contributed by atoms with Crippen LogP contribution in [0.1, 0.15) is 60.2 Å². The number of carboxylic acids is 1. The number of alkyl halides is 1. The van der Waals surface area contributed by atoms with Gasteiger partial charge < -0.3 is 51.2 Å². The number of aliphatic carboxylic acids is 1. The van der Waals surface area contributed by atoms with Gasteiger partial charge in [-0.3, -0.25) is 18.9 Å². The molecule has 1 aliphatic rings. The zero-order valence-electron chi connectivity index (χ0n) is 36.3. The Labute approximate surface area is 410 Å². The number of hydrogen-bond acceptors (Lipinski definition) is 10. The Morgan fingerprint density at radius 3 is 2.35 bits per heavy atom. The number of imidazole rings is 1. The molecule has 8 N–H and O–H groups in total. The van der Waals surface area contributed by atoms with Crippen LogP contribution in [-0.2, 0) is 53.1 Å². The van der Waals surface area contributed by atoms with Crippen LogP contribution < -0.4 is 21.3 Å². The topological polar surface area (TPSA) is 263 Å². The van der Waals surface area contributed by atoms with E-state index in [1.54, 1.807) is 71.2 Å². The molecule has 0 saturated heterocycles.